The van der Waals surface area contributed by atoms with Crippen molar-refractivity contribution in [3.8, 4) is 0 Å². The minimum Gasteiger partial charge on any atom is -0.338 e. The number of hydrogen-bond donors (Lipinski definition) is 0. The van der Waals surface area contributed by atoms with Crippen LogP contribution in [0.5, 0.6) is 0 Å². The molecule has 1 atom stereocenters. The van der Waals surface area contributed by atoms with Crippen LogP contribution >= 0.6 is 23.2 Å². The molecule has 0 N–H and O–H groups in total. The van der Waals surface area contributed by atoms with Crippen LogP contribution in [-0.2, 0) is 20.5 Å². The molecule has 0 radical (unpaired) electrons. The van der Waals surface area contributed by atoms with Gasteiger partial charge in [0.15, 0.2) is 0 Å². The molecule has 0 bridgehead atoms. The van der Waals surface area contributed by atoms with Gasteiger partial charge in [0.1, 0.15) is 0 Å². The molecule has 0 aromatic heterocycles. The van der Waals surface area contributed by atoms with Crippen molar-refractivity contribution in [1.82, 2.24) is 14.9 Å². The van der Waals surface area contributed by atoms with E-state index in [2.05, 4.69) is 35.2 Å². The third kappa shape index (κ3) is 7.48. The number of benzene rings is 3. The second kappa shape index (κ2) is 14.9. The summed E-state index contributed by atoms with van der Waals surface area (Å²) >= 11 is 12.9. The Kier molecular flexibility index (Phi) is 11.0. The molecular formula is C36H43Cl2N3O3. The second-order valence-corrected chi connectivity index (χ2v) is 13.1. The predicted molar refractivity (Wildman–Crippen MR) is 177 cm³/mol. The van der Waals surface area contributed by atoms with Gasteiger partial charge in [-0.3, -0.25) is 14.4 Å². The van der Waals surface area contributed by atoms with Crippen LogP contribution in [-0.4, -0.2) is 73.1 Å². The fourth-order valence-electron chi connectivity index (χ4n) is 7.23. The van der Waals surface area contributed by atoms with Crippen LogP contribution in [0.4, 0.5) is 0 Å². The maximum atomic E-state index is 13.5. The topological polar surface area (TPSA) is 53.1 Å². The van der Waals surface area contributed by atoms with Crippen molar-refractivity contribution in [1.29, 1.82) is 0 Å². The summed E-state index contributed by atoms with van der Waals surface area (Å²) in [4.78, 5) is 35.5. The molecule has 234 valence electrons. The lowest BCUT2D eigenvalue weighted by Crippen LogP contribution is -2.50. The number of piperidine rings is 2. The van der Waals surface area contributed by atoms with Crippen molar-refractivity contribution in [2.75, 3.05) is 45.9 Å². The number of hydrogen-bond acceptors (Lipinski definition) is 4. The average molecular weight is 637 g/mol. The number of rotatable bonds is 12. The van der Waals surface area contributed by atoms with Gasteiger partial charge in [-0.15, -0.1) is 0 Å². The zero-order valence-electron chi connectivity index (χ0n) is 25.6. The van der Waals surface area contributed by atoms with Crippen LogP contribution in [0.15, 0.2) is 78.9 Å². The van der Waals surface area contributed by atoms with E-state index >= 15 is 0 Å². The van der Waals surface area contributed by atoms with E-state index in [1.807, 2.05) is 60.4 Å². The van der Waals surface area contributed by atoms with Crippen LogP contribution < -0.4 is 0 Å². The molecular weight excluding hydrogens is 593 g/mol. The van der Waals surface area contributed by atoms with Crippen LogP contribution in [0.1, 0.15) is 66.9 Å². The number of carbonyl (C=O) groups is 2. The number of carbonyl (C=O) groups excluding carboxylic acids is 2. The molecule has 2 aliphatic heterocycles. The van der Waals surface area contributed by atoms with Gasteiger partial charge in [-0.05, 0) is 100 Å². The highest BCUT2D eigenvalue weighted by molar-refractivity contribution is 6.42. The van der Waals surface area contributed by atoms with E-state index in [1.54, 1.807) is 0 Å². The first kappa shape index (κ1) is 32.5. The van der Waals surface area contributed by atoms with Gasteiger partial charge in [-0.1, -0.05) is 77.8 Å². The molecule has 2 saturated heterocycles. The minimum absolute atomic E-state index is 0.0828. The molecule has 0 spiro atoms. The van der Waals surface area contributed by atoms with Gasteiger partial charge in [0, 0.05) is 29.5 Å². The molecule has 44 heavy (non-hydrogen) atoms. The number of hydroxylamine groups is 2. The maximum Gasteiger partial charge on any atom is 0.253 e. The van der Waals surface area contributed by atoms with Crippen molar-refractivity contribution in [3.05, 3.63) is 106 Å². The van der Waals surface area contributed by atoms with Crippen LogP contribution in [0.2, 0.25) is 10.0 Å². The van der Waals surface area contributed by atoms with E-state index in [-0.39, 0.29) is 16.7 Å². The maximum absolute atomic E-state index is 13.5. The predicted octanol–water partition coefficient (Wildman–Crippen LogP) is 7.39. The third-order valence-electron chi connectivity index (χ3n) is 9.62. The fourth-order valence-corrected chi connectivity index (χ4v) is 7.53. The van der Waals surface area contributed by atoms with Gasteiger partial charge in [0.25, 0.3) is 5.91 Å². The van der Waals surface area contributed by atoms with Gasteiger partial charge < -0.3 is 9.80 Å². The molecule has 2 amide bonds. The van der Waals surface area contributed by atoms with Gasteiger partial charge in [0.05, 0.1) is 23.2 Å². The van der Waals surface area contributed by atoms with Crippen molar-refractivity contribution in [2.45, 2.75) is 56.3 Å². The smallest absolute Gasteiger partial charge is 0.253 e. The number of nitrogens with zero attached hydrogens (tertiary/aromatic N) is 3. The van der Waals surface area contributed by atoms with Gasteiger partial charge in [0.2, 0.25) is 6.41 Å². The normalized spacial score (nSPS) is 20.3. The summed E-state index contributed by atoms with van der Waals surface area (Å²) in [6.07, 6.45) is 6.60. The van der Waals surface area contributed by atoms with Gasteiger partial charge in [-0.25, -0.2) is 5.06 Å². The van der Waals surface area contributed by atoms with Gasteiger partial charge >= 0.3 is 0 Å². The Morgan fingerprint density at radius 1 is 0.886 bits per heavy atom. The highest BCUT2D eigenvalue weighted by Crippen LogP contribution is 2.42. The second-order valence-electron chi connectivity index (χ2n) is 12.3. The Balaban J connectivity index is 1.28. The lowest BCUT2D eigenvalue weighted by Gasteiger charge is -2.45. The Morgan fingerprint density at radius 3 is 2.25 bits per heavy atom. The average Bonchev–Trinajstić information content (AvgIpc) is 3.07. The van der Waals surface area contributed by atoms with Crippen molar-refractivity contribution in [2.24, 2.45) is 0 Å². The fraction of sp³-hybridized carbons (Fsp3) is 0.444. The van der Waals surface area contributed by atoms with E-state index in [1.165, 1.54) is 10.6 Å². The van der Waals surface area contributed by atoms with E-state index in [0.29, 0.717) is 29.7 Å². The SMILES string of the molecule is CCON(C=O)CC1(c2ccccc2)CCN(CCCC2(c3ccc(Cl)c(Cl)c3)CCCN(C(=O)c3ccccc3)C2)CC1. The highest BCUT2D eigenvalue weighted by atomic mass is 35.5. The Bertz CT molecular complexity index is 1380. The van der Waals surface area contributed by atoms with Crippen molar-refractivity contribution < 1.29 is 14.4 Å². The molecule has 2 fully saturated rings. The van der Waals surface area contributed by atoms with Gasteiger partial charge in [-0.2, -0.15) is 0 Å². The number of halogens is 2. The zero-order valence-corrected chi connectivity index (χ0v) is 27.1. The molecule has 6 nitrogen and oxygen atoms in total. The van der Waals surface area contributed by atoms with E-state index in [0.717, 1.165) is 82.2 Å². The first-order valence-corrected chi connectivity index (χ1v) is 16.6. The molecule has 8 heteroatoms. The van der Waals surface area contributed by atoms with Crippen LogP contribution in [0.3, 0.4) is 0 Å². The van der Waals surface area contributed by atoms with Crippen LogP contribution in [0, 0.1) is 0 Å². The standard InChI is InChI=1S/C36H43Cl2N3O3/c1-2-44-41(28-42)27-36(30-13-7-4-8-14-30)19-23-39(24-20-36)21-9-17-35(31-15-16-32(37)33(38)25-31)18-10-22-40(26-35)34(43)29-11-5-3-6-12-29/h3-8,11-16,25,28H,2,9-10,17-24,26-27H2,1H3. The molecule has 0 saturated carbocycles. The summed E-state index contributed by atoms with van der Waals surface area (Å²) in [7, 11) is 0. The molecule has 2 aliphatic rings. The first-order chi connectivity index (χ1) is 21.4. The molecule has 3 aromatic carbocycles. The van der Waals surface area contributed by atoms with Crippen molar-refractivity contribution in [3.63, 3.8) is 0 Å². The van der Waals surface area contributed by atoms with Crippen molar-refractivity contribution >= 4 is 35.5 Å². The summed E-state index contributed by atoms with van der Waals surface area (Å²) in [5.74, 6) is 0.0828. The minimum atomic E-state index is -0.192. The largest absolute Gasteiger partial charge is 0.338 e. The molecule has 1 unspecified atom stereocenters. The summed E-state index contributed by atoms with van der Waals surface area (Å²) < 4.78 is 0. The molecule has 2 heterocycles. The Labute approximate surface area is 271 Å². The van der Waals surface area contributed by atoms with E-state index in [9.17, 15) is 9.59 Å². The molecule has 0 aliphatic carbocycles. The third-order valence-corrected chi connectivity index (χ3v) is 10.4. The lowest BCUT2D eigenvalue weighted by molar-refractivity contribution is -0.176. The molecule has 3 aromatic rings. The first-order valence-electron chi connectivity index (χ1n) is 15.8. The quantitative estimate of drug-likeness (QED) is 0.154. The zero-order chi connectivity index (χ0) is 31.0. The summed E-state index contributed by atoms with van der Waals surface area (Å²) in [6.45, 7) is 7.21. The summed E-state index contributed by atoms with van der Waals surface area (Å²) in [5, 5.41) is 2.57. The van der Waals surface area contributed by atoms with E-state index < -0.39 is 0 Å². The Hall–Kier alpha value is -2.90. The molecule has 5 rings (SSSR count). The highest BCUT2D eigenvalue weighted by Gasteiger charge is 2.40. The Morgan fingerprint density at radius 2 is 1.59 bits per heavy atom. The van der Waals surface area contributed by atoms with E-state index in [4.69, 9.17) is 28.0 Å². The van der Waals surface area contributed by atoms with Crippen LogP contribution in [0.25, 0.3) is 0 Å². The summed E-state index contributed by atoms with van der Waals surface area (Å²) in [5.41, 5.74) is 2.81. The number of likely N-dealkylation sites (tertiary alicyclic amines) is 2. The lowest BCUT2D eigenvalue weighted by atomic mass is 9.70. The summed E-state index contributed by atoms with van der Waals surface area (Å²) in [6, 6.07) is 26.1. The monoisotopic (exact) mass is 635 g/mol. The number of amides is 2.